The fraction of sp³-hybridized carbons (Fsp3) is 0.190. The number of halogens is 1. The normalized spacial score (nSPS) is 10.4. The smallest absolute Gasteiger partial charge is 0.270 e. The summed E-state index contributed by atoms with van der Waals surface area (Å²) in [4.78, 5) is 23.2. The lowest BCUT2D eigenvalue weighted by molar-refractivity contribution is 0.0949. The van der Waals surface area contributed by atoms with E-state index in [0.29, 0.717) is 36.2 Å². The predicted molar refractivity (Wildman–Crippen MR) is 109 cm³/mol. The Bertz CT molecular complexity index is 901. The lowest BCUT2D eigenvalue weighted by Gasteiger charge is -2.21. The summed E-state index contributed by atoms with van der Waals surface area (Å²) in [6.45, 7) is 3.23. The Morgan fingerprint density at radius 1 is 1.11 bits per heavy atom. The van der Waals surface area contributed by atoms with Gasteiger partial charge in [0.15, 0.2) is 0 Å². The largest absolute Gasteiger partial charge is 0.350 e. The van der Waals surface area contributed by atoms with Crippen molar-refractivity contribution in [1.29, 1.82) is 0 Å². The quantitative estimate of drug-likeness (QED) is 0.665. The lowest BCUT2D eigenvalue weighted by atomic mass is 10.1. The predicted octanol–water partition coefficient (Wildman–Crippen LogP) is 4.26. The molecule has 0 unspecified atom stereocenters. The summed E-state index contributed by atoms with van der Waals surface area (Å²) in [5, 5.41) is 3.59. The maximum absolute atomic E-state index is 12.5. The van der Waals surface area contributed by atoms with E-state index in [1.54, 1.807) is 12.3 Å². The summed E-state index contributed by atoms with van der Waals surface area (Å²) in [5.74, 6) is 0.288. The van der Waals surface area contributed by atoms with Gasteiger partial charge >= 0.3 is 0 Å². The van der Waals surface area contributed by atoms with Gasteiger partial charge in [0, 0.05) is 30.0 Å². The Morgan fingerprint density at radius 3 is 2.67 bits per heavy atom. The van der Waals surface area contributed by atoms with E-state index in [0.717, 1.165) is 11.3 Å². The molecule has 1 N–H and O–H groups in total. The van der Waals surface area contributed by atoms with Gasteiger partial charge in [-0.2, -0.15) is 0 Å². The van der Waals surface area contributed by atoms with Gasteiger partial charge in [0.1, 0.15) is 5.69 Å². The number of anilines is 2. The molecule has 138 valence electrons. The van der Waals surface area contributed by atoms with Gasteiger partial charge in [0.2, 0.25) is 5.95 Å². The number of nitrogens with zero attached hydrogens (tertiary/aromatic N) is 3. The van der Waals surface area contributed by atoms with Crippen molar-refractivity contribution in [2.75, 3.05) is 18.0 Å². The average molecular weight is 381 g/mol. The van der Waals surface area contributed by atoms with Gasteiger partial charge in [-0.05, 0) is 49.2 Å². The third kappa shape index (κ3) is 5.05. The van der Waals surface area contributed by atoms with Crippen LogP contribution in [0.5, 0.6) is 0 Å². The maximum atomic E-state index is 12.5. The highest BCUT2D eigenvalue weighted by Gasteiger charge is 2.13. The van der Waals surface area contributed by atoms with E-state index in [2.05, 4.69) is 15.3 Å². The number of carbonyl (C=O) groups is 1. The molecule has 0 fully saturated rings. The Kier molecular flexibility index (Phi) is 6.39. The molecular weight excluding hydrogens is 360 g/mol. The Hall–Kier alpha value is -2.92. The highest BCUT2D eigenvalue weighted by atomic mass is 35.5. The minimum atomic E-state index is -0.218. The van der Waals surface area contributed by atoms with E-state index >= 15 is 0 Å². The highest BCUT2D eigenvalue weighted by Crippen LogP contribution is 2.21. The van der Waals surface area contributed by atoms with Crippen LogP contribution >= 0.6 is 11.6 Å². The summed E-state index contributed by atoms with van der Waals surface area (Å²) >= 11 is 5.98. The van der Waals surface area contributed by atoms with Crippen molar-refractivity contribution in [3.63, 3.8) is 0 Å². The zero-order valence-corrected chi connectivity index (χ0v) is 15.9. The minimum absolute atomic E-state index is 0.218. The second-order valence-corrected chi connectivity index (χ2v) is 6.39. The van der Waals surface area contributed by atoms with E-state index in [1.807, 2.05) is 66.4 Å². The van der Waals surface area contributed by atoms with Crippen LogP contribution in [0.1, 0.15) is 23.0 Å². The molecule has 1 heterocycles. The van der Waals surface area contributed by atoms with E-state index in [4.69, 9.17) is 11.6 Å². The van der Waals surface area contributed by atoms with Crippen LogP contribution in [0, 0.1) is 0 Å². The number of amides is 1. The summed E-state index contributed by atoms with van der Waals surface area (Å²) in [6.07, 6.45) is 2.31. The first-order valence-electron chi connectivity index (χ1n) is 8.85. The second kappa shape index (κ2) is 9.14. The Morgan fingerprint density at radius 2 is 1.93 bits per heavy atom. The first-order valence-corrected chi connectivity index (χ1v) is 9.23. The van der Waals surface area contributed by atoms with Crippen molar-refractivity contribution in [3.05, 3.63) is 83.1 Å². The van der Waals surface area contributed by atoms with Crippen molar-refractivity contribution >= 4 is 29.1 Å². The van der Waals surface area contributed by atoms with Crippen LogP contribution in [-0.2, 0) is 6.42 Å². The number of rotatable bonds is 7. The molecule has 0 aliphatic carbocycles. The van der Waals surface area contributed by atoms with E-state index in [1.165, 1.54) is 0 Å². The zero-order chi connectivity index (χ0) is 19.1. The van der Waals surface area contributed by atoms with E-state index < -0.39 is 0 Å². The molecule has 1 aromatic heterocycles. The molecule has 0 spiro atoms. The summed E-state index contributed by atoms with van der Waals surface area (Å²) in [7, 11) is 0. The highest BCUT2D eigenvalue weighted by molar-refractivity contribution is 6.30. The molecule has 6 heteroatoms. The SMILES string of the molecule is CCN(c1ccccc1)c1nccc(C(=O)NCCc2cccc(Cl)c2)n1. The maximum Gasteiger partial charge on any atom is 0.270 e. The van der Waals surface area contributed by atoms with Gasteiger partial charge in [0.25, 0.3) is 5.91 Å². The summed E-state index contributed by atoms with van der Waals surface area (Å²) in [5.41, 5.74) is 2.41. The van der Waals surface area contributed by atoms with Crippen LogP contribution in [0.2, 0.25) is 5.02 Å². The molecule has 0 saturated carbocycles. The number of hydrogen-bond donors (Lipinski definition) is 1. The molecule has 2 aromatic carbocycles. The van der Waals surface area contributed by atoms with Gasteiger partial charge in [-0.25, -0.2) is 9.97 Å². The van der Waals surface area contributed by atoms with Crippen molar-refractivity contribution in [3.8, 4) is 0 Å². The number of hydrogen-bond acceptors (Lipinski definition) is 4. The molecule has 0 radical (unpaired) electrons. The Balaban J connectivity index is 1.66. The Labute approximate surface area is 164 Å². The third-order valence-electron chi connectivity index (χ3n) is 4.09. The average Bonchev–Trinajstić information content (AvgIpc) is 2.70. The van der Waals surface area contributed by atoms with Crippen LogP contribution < -0.4 is 10.2 Å². The number of aromatic nitrogens is 2. The molecule has 27 heavy (non-hydrogen) atoms. The molecule has 0 bridgehead atoms. The molecule has 3 rings (SSSR count). The van der Waals surface area contributed by atoms with Crippen LogP contribution in [0.15, 0.2) is 66.9 Å². The minimum Gasteiger partial charge on any atom is -0.350 e. The van der Waals surface area contributed by atoms with Crippen molar-refractivity contribution in [1.82, 2.24) is 15.3 Å². The summed E-state index contributed by atoms with van der Waals surface area (Å²) in [6, 6.07) is 19.1. The fourth-order valence-electron chi connectivity index (χ4n) is 2.76. The van der Waals surface area contributed by atoms with Gasteiger partial charge in [-0.3, -0.25) is 4.79 Å². The first kappa shape index (κ1) is 18.9. The van der Waals surface area contributed by atoms with Crippen LogP contribution in [0.4, 0.5) is 11.6 Å². The zero-order valence-electron chi connectivity index (χ0n) is 15.1. The number of nitrogens with one attached hydrogen (secondary N) is 1. The molecule has 0 saturated heterocycles. The fourth-order valence-corrected chi connectivity index (χ4v) is 2.97. The molecular formula is C21H21ClN4O. The van der Waals surface area contributed by atoms with Gasteiger partial charge in [-0.15, -0.1) is 0 Å². The third-order valence-corrected chi connectivity index (χ3v) is 4.32. The monoisotopic (exact) mass is 380 g/mol. The van der Waals surface area contributed by atoms with Crippen LogP contribution in [-0.4, -0.2) is 29.0 Å². The number of para-hydroxylation sites is 1. The summed E-state index contributed by atoms with van der Waals surface area (Å²) < 4.78 is 0. The van der Waals surface area contributed by atoms with Crippen LogP contribution in [0.3, 0.4) is 0 Å². The van der Waals surface area contributed by atoms with Gasteiger partial charge in [-0.1, -0.05) is 41.9 Å². The number of benzene rings is 2. The van der Waals surface area contributed by atoms with E-state index in [9.17, 15) is 4.79 Å². The topological polar surface area (TPSA) is 58.1 Å². The molecule has 0 aliphatic heterocycles. The van der Waals surface area contributed by atoms with E-state index in [-0.39, 0.29) is 5.91 Å². The van der Waals surface area contributed by atoms with Gasteiger partial charge < -0.3 is 10.2 Å². The van der Waals surface area contributed by atoms with Crippen molar-refractivity contribution < 1.29 is 4.79 Å². The molecule has 3 aromatic rings. The molecule has 0 aliphatic rings. The lowest BCUT2D eigenvalue weighted by Crippen LogP contribution is -2.27. The molecule has 5 nitrogen and oxygen atoms in total. The standard InChI is InChI=1S/C21H21ClN4O/c1-2-26(18-9-4-3-5-10-18)21-24-14-12-19(25-21)20(27)23-13-11-16-7-6-8-17(22)15-16/h3-10,12,14-15H,2,11,13H2,1H3,(H,23,27). The van der Waals surface area contributed by atoms with Crippen molar-refractivity contribution in [2.24, 2.45) is 0 Å². The molecule has 1 amide bonds. The first-order chi connectivity index (χ1) is 13.2. The van der Waals surface area contributed by atoms with Gasteiger partial charge in [0.05, 0.1) is 0 Å². The molecule has 0 atom stereocenters. The number of carbonyl (C=O) groups excluding carboxylic acids is 1. The van der Waals surface area contributed by atoms with Crippen LogP contribution in [0.25, 0.3) is 0 Å². The van der Waals surface area contributed by atoms with Crippen molar-refractivity contribution in [2.45, 2.75) is 13.3 Å². The second-order valence-electron chi connectivity index (χ2n) is 5.96.